The molecule has 0 saturated carbocycles. The summed E-state index contributed by atoms with van der Waals surface area (Å²) in [7, 11) is 2.18. The Hall–Kier alpha value is -1.98. The van der Waals surface area contributed by atoms with Crippen LogP contribution in [-0.2, 0) is 6.42 Å². The summed E-state index contributed by atoms with van der Waals surface area (Å²) in [5.41, 5.74) is 2.41. The van der Waals surface area contributed by atoms with Crippen molar-refractivity contribution in [2.75, 3.05) is 39.8 Å². The number of aryl methyl sites for hydroxylation is 1. The van der Waals surface area contributed by atoms with Gasteiger partial charge in [0, 0.05) is 44.1 Å². The summed E-state index contributed by atoms with van der Waals surface area (Å²) in [5, 5.41) is 4.21. The Morgan fingerprint density at radius 2 is 1.92 bits per heavy atom. The second-order valence-electron chi connectivity index (χ2n) is 7.58. The average Bonchev–Trinajstić information content (AvgIpc) is 3.11. The zero-order valence-corrected chi connectivity index (χ0v) is 15.5. The van der Waals surface area contributed by atoms with Crippen LogP contribution in [0.15, 0.2) is 34.9 Å². The van der Waals surface area contributed by atoms with Crippen LogP contribution in [0.4, 0.5) is 0 Å². The minimum absolute atomic E-state index is 0.108. The number of likely N-dealkylation sites (N-methyl/N-ethyl adjacent to an activating group) is 1. The van der Waals surface area contributed by atoms with Gasteiger partial charge < -0.3 is 14.3 Å². The van der Waals surface area contributed by atoms with E-state index in [0.29, 0.717) is 0 Å². The Kier molecular flexibility index (Phi) is 5.18. The van der Waals surface area contributed by atoms with Crippen molar-refractivity contribution in [2.24, 2.45) is 5.92 Å². The highest BCUT2D eigenvalue weighted by Gasteiger charge is 2.33. The zero-order chi connectivity index (χ0) is 17.9. The van der Waals surface area contributed by atoms with Gasteiger partial charge in [-0.05, 0) is 32.9 Å². The quantitative estimate of drug-likeness (QED) is 0.827. The van der Waals surface area contributed by atoms with Crippen LogP contribution in [0.2, 0.25) is 0 Å². The molecule has 138 valence electrons. The van der Waals surface area contributed by atoms with E-state index in [9.17, 15) is 4.79 Å². The number of nitrogens with zero attached hydrogens (tertiary/aromatic N) is 3. The first-order chi connectivity index (χ1) is 12.7. The molecule has 26 heavy (non-hydrogen) atoms. The molecule has 5 heteroatoms. The van der Waals surface area contributed by atoms with Gasteiger partial charge >= 0.3 is 0 Å². The van der Waals surface area contributed by atoms with Crippen molar-refractivity contribution in [1.82, 2.24) is 15.0 Å². The Bertz CT molecular complexity index is 748. The molecule has 1 atom stereocenters. The number of fused-ring (bicyclic) bond motifs is 1. The Balaban J connectivity index is 1.39. The number of carbonyl (C=O) groups excluding carboxylic acids is 1. The van der Waals surface area contributed by atoms with Gasteiger partial charge in [-0.25, -0.2) is 0 Å². The molecule has 2 aromatic rings. The summed E-state index contributed by atoms with van der Waals surface area (Å²) >= 11 is 0. The maximum absolute atomic E-state index is 13.1. The molecular formula is C21H27N3O2. The molecule has 1 fully saturated rings. The fraction of sp³-hybridized carbons (Fsp3) is 0.524. The molecule has 1 aliphatic carbocycles. The summed E-state index contributed by atoms with van der Waals surface area (Å²) in [5.74, 6) is 1.10. The van der Waals surface area contributed by atoms with Crippen molar-refractivity contribution in [3.8, 4) is 11.3 Å². The van der Waals surface area contributed by atoms with Gasteiger partial charge in [-0.15, -0.1) is 0 Å². The van der Waals surface area contributed by atoms with Gasteiger partial charge in [-0.1, -0.05) is 35.5 Å². The minimum atomic E-state index is 0.108. The molecule has 1 unspecified atom stereocenters. The summed E-state index contributed by atoms with van der Waals surface area (Å²) < 4.78 is 5.49. The largest absolute Gasteiger partial charge is 0.360 e. The number of hydrogen-bond donors (Lipinski definition) is 0. The fourth-order valence-electron chi connectivity index (χ4n) is 4.09. The third-order valence-electron chi connectivity index (χ3n) is 5.77. The monoisotopic (exact) mass is 353 g/mol. The van der Waals surface area contributed by atoms with Gasteiger partial charge in [0.1, 0.15) is 11.5 Å². The molecule has 1 aromatic heterocycles. The minimum Gasteiger partial charge on any atom is -0.360 e. The van der Waals surface area contributed by atoms with E-state index >= 15 is 0 Å². The first-order valence-electron chi connectivity index (χ1n) is 9.71. The Morgan fingerprint density at radius 3 is 2.69 bits per heavy atom. The number of benzene rings is 1. The second-order valence-corrected chi connectivity index (χ2v) is 7.58. The lowest BCUT2D eigenvalue weighted by molar-refractivity contribution is 0.0881. The number of Topliss-reactive ketones (excluding diaryl/α,β-unsaturated/α-hetero) is 1. The lowest BCUT2D eigenvalue weighted by Gasteiger charge is -2.32. The van der Waals surface area contributed by atoms with Gasteiger partial charge in [0.05, 0.1) is 5.56 Å². The van der Waals surface area contributed by atoms with E-state index < -0.39 is 0 Å². The van der Waals surface area contributed by atoms with E-state index in [1.165, 1.54) is 0 Å². The topological polar surface area (TPSA) is 49.6 Å². The van der Waals surface area contributed by atoms with Crippen molar-refractivity contribution in [3.63, 3.8) is 0 Å². The van der Waals surface area contributed by atoms with Crippen molar-refractivity contribution < 1.29 is 9.32 Å². The first kappa shape index (κ1) is 17.4. The van der Waals surface area contributed by atoms with Gasteiger partial charge in [-0.2, -0.15) is 0 Å². The van der Waals surface area contributed by atoms with Crippen LogP contribution in [0.5, 0.6) is 0 Å². The number of carbonyl (C=O) groups is 1. The molecular weight excluding hydrogens is 326 g/mol. The van der Waals surface area contributed by atoms with E-state index in [2.05, 4.69) is 22.0 Å². The van der Waals surface area contributed by atoms with Crippen LogP contribution >= 0.6 is 0 Å². The molecule has 0 spiro atoms. The van der Waals surface area contributed by atoms with E-state index in [0.717, 1.165) is 81.0 Å². The third-order valence-corrected chi connectivity index (χ3v) is 5.77. The third kappa shape index (κ3) is 3.60. The highest BCUT2D eigenvalue weighted by atomic mass is 16.5. The maximum atomic E-state index is 13.1. The van der Waals surface area contributed by atoms with Gasteiger partial charge in [0.15, 0.2) is 5.78 Å². The lowest BCUT2D eigenvalue weighted by Crippen LogP contribution is -2.44. The van der Waals surface area contributed by atoms with Crippen LogP contribution < -0.4 is 0 Å². The molecule has 0 amide bonds. The summed E-state index contributed by atoms with van der Waals surface area (Å²) in [4.78, 5) is 18.0. The fourth-order valence-corrected chi connectivity index (χ4v) is 4.09. The van der Waals surface area contributed by atoms with Crippen LogP contribution in [0.1, 0.15) is 35.4 Å². The molecule has 2 aliphatic rings. The number of rotatable bonds is 5. The summed E-state index contributed by atoms with van der Waals surface area (Å²) in [6.45, 7) is 5.67. The molecule has 0 N–H and O–H groups in total. The molecule has 4 rings (SSSR count). The van der Waals surface area contributed by atoms with Crippen LogP contribution in [0, 0.1) is 5.92 Å². The average molecular weight is 353 g/mol. The molecule has 0 radical (unpaired) electrons. The highest BCUT2D eigenvalue weighted by molar-refractivity contribution is 6.04. The summed E-state index contributed by atoms with van der Waals surface area (Å²) in [6.07, 6.45) is 3.75. The molecule has 1 aromatic carbocycles. The van der Waals surface area contributed by atoms with E-state index in [1.54, 1.807) is 0 Å². The SMILES string of the molecule is CN1CCN(CCCC2CCc3onc(-c4ccccc4)c3C2=O)CC1. The standard InChI is InChI=1S/C21H27N3O2/c1-23-12-14-24(15-13-23)11-5-8-17-9-10-18-19(21(17)25)20(22-26-18)16-6-3-2-4-7-16/h2-4,6-7,17H,5,8-15H2,1H3. The van der Waals surface area contributed by atoms with Crippen LogP contribution in [0.3, 0.4) is 0 Å². The predicted molar refractivity (Wildman–Crippen MR) is 101 cm³/mol. The molecule has 0 bridgehead atoms. The van der Waals surface area contributed by atoms with Crippen molar-refractivity contribution in [1.29, 1.82) is 0 Å². The smallest absolute Gasteiger partial charge is 0.171 e. The Morgan fingerprint density at radius 1 is 1.15 bits per heavy atom. The molecule has 1 aliphatic heterocycles. The normalized spacial score (nSPS) is 21.7. The van der Waals surface area contributed by atoms with Crippen molar-refractivity contribution in [2.45, 2.75) is 25.7 Å². The number of aromatic nitrogens is 1. The molecule has 1 saturated heterocycles. The van der Waals surface area contributed by atoms with E-state index in [4.69, 9.17) is 4.52 Å². The number of piperazine rings is 1. The number of hydrogen-bond acceptors (Lipinski definition) is 5. The zero-order valence-electron chi connectivity index (χ0n) is 15.5. The molecule has 2 heterocycles. The van der Waals surface area contributed by atoms with Crippen molar-refractivity contribution in [3.05, 3.63) is 41.7 Å². The van der Waals surface area contributed by atoms with E-state index in [-0.39, 0.29) is 11.7 Å². The van der Waals surface area contributed by atoms with Gasteiger partial charge in [-0.3, -0.25) is 4.79 Å². The second kappa shape index (κ2) is 7.72. The summed E-state index contributed by atoms with van der Waals surface area (Å²) in [6, 6.07) is 9.89. The molecule has 5 nitrogen and oxygen atoms in total. The predicted octanol–water partition coefficient (Wildman–Crippen LogP) is 3.11. The van der Waals surface area contributed by atoms with Crippen LogP contribution in [0.25, 0.3) is 11.3 Å². The lowest BCUT2D eigenvalue weighted by atomic mass is 9.82. The van der Waals surface area contributed by atoms with Crippen molar-refractivity contribution >= 4 is 5.78 Å². The first-order valence-corrected chi connectivity index (χ1v) is 9.71. The maximum Gasteiger partial charge on any atom is 0.171 e. The van der Waals surface area contributed by atoms with Gasteiger partial charge in [0.2, 0.25) is 0 Å². The Labute approximate surface area is 155 Å². The number of ketones is 1. The highest BCUT2D eigenvalue weighted by Crippen LogP contribution is 2.35. The van der Waals surface area contributed by atoms with Gasteiger partial charge in [0.25, 0.3) is 0 Å². The van der Waals surface area contributed by atoms with E-state index in [1.807, 2.05) is 30.3 Å². The van der Waals surface area contributed by atoms with Crippen LogP contribution in [-0.4, -0.2) is 60.5 Å².